The molecular weight excluding hydrogens is 507 g/mol. The van der Waals surface area contributed by atoms with E-state index in [1.807, 2.05) is 32.5 Å². The van der Waals surface area contributed by atoms with Crippen molar-refractivity contribution in [1.29, 1.82) is 0 Å². The molecule has 0 atom stereocenters. The van der Waals surface area contributed by atoms with Gasteiger partial charge in [-0.2, -0.15) is 5.10 Å². The number of nitrogens with one attached hydrogen (secondary N) is 3. The minimum Gasteiger partial charge on any atom is -0.444 e. The number of aryl methyl sites for hydroxylation is 2. The molecule has 1 aromatic heterocycles. The monoisotopic (exact) mass is 550 g/mol. The van der Waals surface area contributed by atoms with Crippen LogP contribution in [0.2, 0.25) is 0 Å². The van der Waals surface area contributed by atoms with E-state index in [0.717, 1.165) is 31.4 Å². The Hall–Kier alpha value is -1.52. The first-order chi connectivity index (χ1) is 14.0. The van der Waals surface area contributed by atoms with E-state index in [4.69, 9.17) is 4.74 Å². The molecule has 0 saturated carbocycles. The van der Waals surface area contributed by atoms with Crippen LogP contribution in [-0.4, -0.2) is 46.6 Å². The van der Waals surface area contributed by atoms with Crippen LogP contribution < -0.4 is 16.0 Å². The van der Waals surface area contributed by atoms with Crippen LogP contribution >= 0.6 is 24.0 Å². The zero-order valence-corrected chi connectivity index (χ0v) is 23.1. The topological polar surface area (TPSA) is 92.6 Å². The van der Waals surface area contributed by atoms with Crippen LogP contribution in [0.5, 0.6) is 0 Å². The predicted octanol–water partition coefficient (Wildman–Crippen LogP) is 3.91. The lowest BCUT2D eigenvalue weighted by atomic mass is 9.93. The van der Waals surface area contributed by atoms with Crippen molar-refractivity contribution in [2.45, 2.75) is 91.8 Å². The molecule has 0 aliphatic carbocycles. The highest BCUT2D eigenvalue weighted by Crippen LogP contribution is 2.17. The van der Waals surface area contributed by atoms with Crippen molar-refractivity contribution >= 4 is 36.0 Å². The van der Waals surface area contributed by atoms with Gasteiger partial charge in [0, 0.05) is 38.4 Å². The summed E-state index contributed by atoms with van der Waals surface area (Å²) in [6.45, 7) is 15.2. The average molecular weight is 551 g/mol. The van der Waals surface area contributed by atoms with E-state index < -0.39 is 17.2 Å². The number of halogens is 1. The van der Waals surface area contributed by atoms with Gasteiger partial charge in [-0.3, -0.25) is 9.67 Å². The Balaban J connectivity index is 0.00000900. The molecule has 0 aromatic carbocycles. The van der Waals surface area contributed by atoms with Gasteiger partial charge in [-0.15, -0.1) is 24.0 Å². The summed E-state index contributed by atoms with van der Waals surface area (Å²) in [5.41, 5.74) is 2.63. The molecule has 0 aliphatic heterocycles. The number of aromatic nitrogens is 2. The highest BCUT2D eigenvalue weighted by molar-refractivity contribution is 14.0. The van der Waals surface area contributed by atoms with Gasteiger partial charge in [-0.1, -0.05) is 27.7 Å². The van der Waals surface area contributed by atoms with Gasteiger partial charge in [-0.25, -0.2) is 4.79 Å². The van der Waals surface area contributed by atoms with Crippen molar-refractivity contribution in [1.82, 2.24) is 25.7 Å². The number of nitrogens with zero attached hydrogens (tertiary/aromatic N) is 3. The van der Waals surface area contributed by atoms with Crippen LogP contribution in [0, 0.1) is 0 Å². The number of carbonyl (C=O) groups excluding carboxylic acids is 1. The molecule has 0 bridgehead atoms. The third-order valence-electron chi connectivity index (χ3n) is 5.40. The first kappa shape index (κ1) is 29.5. The van der Waals surface area contributed by atoms with Crippen molar-refractivity contribution in [3.05, 3.63) is 17.0 Å². The molecule has 180 valence electrons. The van der Waals surface area contributed by atoms with Gasteiger partial charge in [0.2, 0.25) is 0 Å². The number of amides is 1. The Kier molecular flexibility index (Phi) is 12.5. The Morgan fingerprint density at radius 3 is 2.16 bits per heavy atom. The minimum atomic E-state index is -0.528. The largest absolute Gasteiger partial charge is 0.444 e. The first-order valence-corrected chi connectivity index (χ1v) is 11.0. The Bertz CT molecular complexity index is 720. The molecule has 8 nitrogen and oxygen atoms in total. The molecule has 1 amide bonds. The zero-order valence-electron chi connectivity index (χ0n) is 20.8. The lowest BCUT2D eigenvalue weighted by Gasteiger charge is -2.34. The molecule has 1 aromatic rings. The number of alkyl carbamates (subject to hydrolysis) is 1. The molecule has 0 fully saturated rings. The second kappa shape index (κ2) is 13.1. The quantitative estimate of drug-likeness (QED) is 0.246. The second-order valence-corrected chi connectivity index (χ2v) is 8.60. The maximum absolute atomic E-state index is 12.3. The molecule has 0 spiro atoms. The lowest BCUT2D eigenvalue weighted by Crippen LogP contribution is -2.57. The fraction of sp³-hybridized carbons (Fsp3) is 0.773. The van der Waals surface area contributed by atoms with Gasteiger partial charge < -0.3 is 20.7 Å². The maximum atomic E-state index is 12.3. The minimum absolute atomic E-state index is 0. The smallest absolute Gasteiger partial charge is 0.408 e. The molecule has 3 N–H and O–H groups in total. The third-order valence-corrected chi connectivity index (χ3v) is 5.40. The summed E-state index contributed by atoms with van der Waals surface area (Å²) < 4.78 is 7.42. The number of aliphatic imine (C=N–C) groups is 1. The van der Waals surface area contributed by atoms with Crippen LogP contribution in [0.1, 0.15) is 78.3 Å². The first-order valence-electron chi connectivity index (χ1n) is 11.0. The number of carbonyl (C=O) groups is 1. The molecule has 0 saturated heterocycles. The van der Waals surface area contributed by atoms with Gasteiger partial charge in [0.15, 0.2) is 5.96 Å². The normalized spacial score (nSPS) is 12.2. The van der Waals surface area contributed by atoms with Crippen molar-refractivity contribution in [2.24, 2.45) is 12.0 Å². The summed E-state index contributed by atoms with van der Waals surface area (Å²) in [5, 5.41) is 14.5. The molecule has 1 rings (SSSR count). The Morgan fingerprint density at radius 2 is 1.71 bits per heavy atom. The summed E-state index contributed by atoms with van der Waals surface area (Å²) >= 11 is 0. The van der Waals surface area contributed by atoms with Gasteiger partial charge in [0.1, 0.15) is 5.60 Å². The molecule has 0 aliphatic rings. The number of ether oxygens (including phenoxy) is 1. The highest BCUT2D eigenvalue weighted by atomic mass is 127. The van der Waals surface area contributed by atoms with E-state index in [2.05, 4.69) is 53.7 Å². The van der Waals surface area contributed by atoms with E-state index in [1.165, 1.54) is 11.3 Å². The van der Waals surface area contributed by atoms with Crippen molar-refractivity contribution in [3.8, 4) is 0 Å². The molecule has 1 heterocycles. The number of hydrogen-bond donors (Lipinski definition) is 3. The molecular formula is C22H43IN6O2. The fourth-order valence-corrected chi connectivity index (χ4v) is 3.48. The predicted molar refractivity (Wildman–Crippen MR) is 138 cm³/mol. The average Bonchev–Trinajstić information content (AvgIpc) is 3.00. The summed E-state index contributed by atoms with van der Waals surface area (Å²) in [6.07, 6.45) is 2.98. The molecule has 9 heteroatoms. The van der Waals surface area contributed by atoms with Crippen molar-refractivity contribution < 1.29 is 9.53 Å². The van der Waals surface area contributed by atoms with Crippen LogP contribution in [0.15, 0.2) is 4.99 Å². The van der Waals surface area contributed by atoms with E-state index in [0.29, 0.717) is 19.0 Å². The summed E-state index contributed by atoms with van der Waals surface area (Å²) in [6, 6.07) is 0. The number of hydrogen-bond acceptors (Lipinski definition) is 4. The van der Waals surface area contributed by atoms with E-state index in [-0.39, 0.29) is 24.0 Å². The second-order valence-electron chi connectivity index (χ2n) is 8.60. The van der Waals surface area contributed by atoms with E-state index in [9.17, 15) is 4.79 Å². The van der Waals surface area contributed by atoms with Gasteiger partial charge in [0.05, 0.1) is 11.2 Å². The van der Waals surface area contributed by atoms with Crippen LogP contribution in [-0.2, 0) is 31.2 Å². The van der Waals surface area contributed by atoms with Crippen LogP contribution in [0.3, 0.4) is 0 Å². The Morgan fingerprint density at radius 1 is 1.10 bits per heavy atom. The lowest BCUT2D eigenvalue weighted by molar-refractivity contribution is 0.0448. The molecule has 31 heavy (non-hydrogen) atoms. The summed E-state index contributed by atoms with van der Waals surface area (Å²) in [4.78, 5) is 16.7. The third kappa shape index (κ3) is 8.86. The number of guanidine groups is 1. The molecule has 0 radical (unpaired) electrons. The van der Waals surface area contributed by atoms with Gasteiger partial charge in [0.25, 0.3) is 0 Å². The fourth-order valence-electron chi connectivity index (χ4n) is 3.48. The zero-order chi connectivity index (χ0) is 22.9. The van der Waals surface area contributed by atoms with Gasteiger partial charge >= 0.3 is 6.09 Å². The van der Waals surface area contributed by atoms with E-state index >= 15 is 0 Å². The van der Waals surface area contributed by atoms with E-state index in [1.54, 1.807) is 7.05 Å². The summed E-state index contributed by atoms with van der Waals surface area (Å²) in [7, 11) is 3.74. The van der Waals surface area contributed by atoms with Gasteiger partial charge in [-0.05, 0) is 46.5 Å². The van der Waals surface area contributed by atoms with Crippen LogP contribution in [0.4, 0.5) is 4.79 Å². The highest BCUT2D eigenvalue weighted by Gasteiger charge is 2.30. The maximum Gasteiger partial charge on any atom is 0.408 e. The Labute approximate surface area is 205 Å². The van der Waals surface area contributed by atoms with Crippen molar-refractivity contribution in [2.75, 3.05) is 13.6 Å². The summed E-state index contributed by atoms with van der Waals surface area (Å²) in [5.74, 6) is 0.695. The standard InChI is InChI=1S/C22H42N6O2.HI/c1-10-17-16(18(11-2)28(9)27-17)14-24-19(23-8)25-15-22(12-3,13-4)26-20(29)30-21(5,6)7;/h10-15H2,1-9H3,(H,26,29)(H2,23,24,25);1H. The van der Waals surface area contributed by atoms with Crippen molar-refractivity contribution in [3.63, 3.8) is 0 Å². The SMILES string of the molecule is CCc1nn(C)c(CC)c1CNC(=NC)NCC(CC)(CC)NC(=O)OC(C)(C)C.I. The van der Waals surface area contributed by atoms with Crippen LogP contribution in [0.25, 0.3) is 0 Å². The number of rotatable bonds is 9. The molecule has 0 unspecified atom stereocenters.